The Kier molecular flexibility index (Phi) is 6.09. The Morgan fingerprint density at radius 3 is 2.78 bits per heavy atom. The molecule has 0 aliphatic rings. The summed E-state index contributed by atoms with van der Waals surface area (Å²) in [5.74, 6) is 0.441. The number of benzene rings is 1. The van der Waals surface area contributed by atoms with Crippen LogP contribution in [0.5, 0.6) is 0 Å². The summed E-state index contributed by atoms with van der Waals surface area (Å²) in [4.78, 5) is 11.6. The number of halogens is 1. The zero-order chi connectivity index (χ0) is 13.5. The largest absolute Gasteiger partial charge is 0.486 e. The van der Waals surface area contributed by atoms with Crippen molar-refractivity contribution in [2.45, 2.75) is 19.8 Å². The van der Waals surface area contributed by atoms with E-state index in [-0.39, 0.29) is 5.91 Å². The number of ether oxygens (including phenoxy) is 1. The van der Waals surface area contributed by atoms with E-state index in [0.717, 1.165) is 16.8 Å². The molecule has 0 aliphatic heterocycles. The minimum absolute atomic E-state index is 0.0458. The van der Waals surface area contributed by atoms with Crippen molar-refractivity contribution in [1.82, 2.24) is 0 Å². The highest BCUT2D eigenvalue weighted by Crippen LogP contribution is 2.16. The number of hydrogen-bond acceptors (Lipinski definition) is 3. The van der Waals surface area contributed by atoms with E-state index < -0.39 is 0 Å². The van der Waals surface area contributed by atoms with E-state index in [1.807, 2.05) is 19.1 Å². The van der Waals surface area contributed by atoms with Gasteiger partial charge in [0.25, 0.3) is 0 Å². The second-order valence-electron chi connectivity index (χ2n) is 3.92. The van der Waals surface area contributed by atoms with Crippen molar-refractivity contribution in [2.24, 2.45) is 0 Å². The van der Waals surface area contributed by atoms with Crippen LogP contribution in [0.15, 0.2) is 18.2 Å². The maximum Gasteiger partial charge on any atom is 0.224 e. The first-order valence-electron chi connectivity index (χ1n) is 5.62. The standard InChI is InChI=1S/C13H16ClNO2S/c1-9-6-10(13(18)17-2)8-11(7-9)15-12(16)4-3-5-14/h6-8H,3-5H2,1-2H3,(H,15,16). The highest BCUT2D eigenvalue weighted by molar-refractivity contribution is 7.80. The fourth-order valence-corrected chi connectivity index (χ4v) is 1.79. The normalized spacial score (nSPS) is 9.94. The molecule has 0 aliphatic carbocycles. The summed E-state index contributed by atoms with van der Waals surface area (Å²) in [6.45, 7) is 1.94. The Bertz CT molecular complexity index is 449. The van der Waals surface area contributed by atoms with E-state index in [0.29, 0.717) is 23.8 Å². The molecular weight excluding hydrogens is 270 g/mol. The van der Waals surface area contributed by atoms with Crippen molar-refractivity contribution in [3.63, 3.8) is 0 Å². The quantitative estimate of drug-likeness (QED) is 0.666. The van der Waals surface area contributed by atoms with Gasteiger partial charge >= 0.3 is 0 Å². The molecule has 0 fully saturated rings. The third-order valence-corrected chi connectivity index (χ3v) is 2.99. The molecule has 0 radical (unpaired) electrons. The molecule has 1 aromatic carbocycles. The third kappa shape index (κ3) is 4.63. The number of hydrogen-bond donors (Lipinski definition) is 1. The fraction of sp³-hybridized carbons (Fsp3) is 0.385. The lowest BCUT2D eigenvalue weighted by Crippen LogP contribution is -2.12. The summed E-state index contributed by atoms with van der Waals surface area (Å²) in [6, 6.07) is 5.61. The van der Waals surface area contributed by atoms with Crippen LogP contribution in [0.25, 0.3) is 0 Å². The number of alkyl halides is 1. The monoisotopic (exact) mass is 285 g/mol. The van der Waals surface area contributed by atoms with Crippen molar-refractivity contribution in [1.29, 1.82) is 0 Å². The van der Waals surface area contributed by atoms with Crippen LogP contribution in [-0.4, -0.2) is 23.9 Å². The average Bonchev–Trinajstić information content (AvgIpc) is 2.34. The van der Waals surface area contributed by atoms with Gasteiger partial charge in [-0.2, -0.15) is 0 Å². The van der Waals surface area contributed by atoms with Crippen LogP contribution in [-0.2, 0) is 9.53 Å². The van der Waals surface area contributed by atoms with Gasteiger partial charge in [0, 0.05) is 23.6 Å². The molecule has 18 heavy (non-hydrogen) atoms. The Morgan fingerprint density at radius 2 is 2.17 bits per heavy atom. The smallest absolute Gasteiger partial charge is 0.224 e. The Balaban J connectivity index is 2.80. The molecule has 1 N–H and O–H groups in total. The fourth-order valence-electron chi connectivity index (χ4n) is 1.54. The summed E-state index contributed by atoms with van der Waals surface area (Å²) >= 11 is 10.6. The highest BCUT2D eigenvalue weighted by atomic mass is 35.5. The lowest BCUT2D eigenvalue weighted by molar-refractivity contribution is -0.116. The lowest BCUT2D eigenvalue weighted by Gasteiger charge is -2.09. The zero-order valence-electron chi connectivity index (χ0n) is 10.5. The second-order valence-corrected chi connectivity index (χ2v) is 4.67. The topological polar surface area (TPSA) is 38.3 Å². The molecule has 0 unspecified atom stereocenters. The number of aryl methyl sites for hydroxylation is 1. The van der Waals surface area contributed by atoms with Gasteiger partial charge in [0.05, 0.1) is 7.11 Å². The van der Waals surface area contributed by atoms with Crippen molar-refractivity contribution in [3.8, 4) is 0 Å². The minimum Gasteiger partial charge on any atom is -0.486 e. The first-order valence-corrected chi connectivity index (χ1v) is 6.57. The number of anilines is 1. The molecule has 0 aromatic heterocycles. The van der Waals surface area contributed by atoms with E-state index >= 15 is 0 Å². The van der Waals surface area contributed by atoms with Gasteiger partial charge in [-0.15, -0.1) is 11.6 Å². The summed E-state index contributed by atoms with van der Waals surface area (Å²) < 4.78 is 5.02. The highest BCUT2D eigenvalue weighted by Gasteiger charge is 2.06. The van der Waals surface area contributed by atoms with Gasteiger partial charge in [0.15, 0.2) is 5.05 Å². The zero-order valence-corrected chi connectivity index (χ0v) is 12.0. The summed E-state index contributed by atoms with van der Waals surface area (Å²) in [7, 11) is 1.53. The first-order chi connectivity index (χ1) is 8.56. The molecule has 1 amide bonds. The van der Waals surface area contributed by atoms with Gasteiger partial charge in [-0.25, -0.2) is 0 Å². The molecule has 5 heteroatoms. The molecular formula is C13H16ClNO2S. The number of nitrogens with one attached hydrogen (secondary N) is 1. The minimum atomic E-state index is -0.0458. The summed E-state index contributed by atoms with van der Waals surface area (Å²) in [6.07, 6.45) is 1.09. The van der Waals surface area contributed by atoms with Gasteiger partial charge in [-0.1, -0.05) is 0 Å². The predicted octanol–water partition coefficient (Wildman–Crippen LogP) is 3.27. The number of thiocarbonyl (C=S) groups is 1. The second kappa shape index (κ2) is 7.34. The Hall–Kier alpha value is -1.13. The van der Waals surface area contributed by atoms with E-state index in [4.69, 9.17) is 28.6 Å². The lowest BCUT2D eigenvalue weighted by atomic mass is 10.1. The molecule has 0 bridgehead atoms. The van der Waals surface area contributed by atoms with Gasteiger partial charge in [-0.05, 0) is 49.3 Å². The number of carbonyl (C=O) groups is 1. The number of carbonyl (C=O) groups excluding carboxylic acids is 1. The average molecular weight is 286 g/mol. The van der Waals surface area contributed by atoms with Crippen LogP contribution in [0.2, 0.25) is 0 Å². The van der Waals surface area contributed by atoms with Crippen LogP contribution in [0, 0.1) is 6.92 Å². The predicted molar refractivity (Wildman–Crippen MR) is 78.5 cm³/mol. The third-order valence-electron chi connectivity index (χ3n) is 2.32. The molecule has 0 heterocycles. The molecule has 0 atom stereocenters. The molecule has 98 valence electrons. The van der Waals surface area contributed by atoms with Crippen LogP contribution in [0.4, 0.5) is 5.69 Å². The van der Waals surface area contributed by atoms with Gasteiger partial charge < -0.3 is 10.1 Å². The SMILES string of the molecule is COC(=S)c1cc(C)cc(NC(=O)CCCCl)c1. The van der Waals surface area contributed by atoms with Gasteiger partial charge in [0.2, 0.25) is 5.91 Å². The Morgan fingerprint density at radius 1 is 1.44 bits per heavy atom. The molecule has 1 rings (SSSR count). The van der Waals surface area contributed by atoms with E-state index in [9.17, 15) is 4.79 Å². The summed E-state index contributed by atoms with van der Waals surface area (Å²) in [5, 5.41) is 3.24. The van der Waals surface area contributed by atoms with Crippen LogP contribution in [0.3, 0.4) is 0 Å². The maximum atomic E-state index is 11.6. The number of methoxy groups -OCH3 is 1. The first kappa shape index (κ1) is 14.9. The van der Waals surface area contributed by atoms with E-state index in [2.05, 4.69) is 5.32 Å². The van der Waals surface area contributed by atoms with E-state index in [1.54, 1.807) is 6.07 Å². The van der Waals surface area contributed by atoms with E-state index in [1.165, 1.54) is 7.11 Å². The van der Waals surface area contributed by atoms with Crippen molar-refractivity contribution in [3.05, 3.63) is 29.3 Å². The Labute approximate surface area is 117 Å². The molecule has 3 nitrogen and oxygen atoms in total. The van der Waals surface area contributed by atoms with Crippen LogP contribution >= 0.6 is 23.8 Å². The van der Waals surface area contributed by atoms with Crippen LogP contribution < -0.4 is 5.32 Å². The van der Waals surface area contributed by atoms with Crippen LogP contribution in [0.1, 0.15) is 24.0 Å². The summed E-state index contributed by atoms with van der Waals surface area (Å²) in [5.41, 5.74) is 2.53. The van der Waals surface area contributed by atoms with Crippen molar-refractivity contribution in [2.75, 3.05) is 18.3 Å². The maximum absolute atomic E-state index is 11.6. The number of rotatable bonds is 5. The van der Waals surface area contributed by atoms with Gasteiger partial charge in [0.1, 0.15) is 0 Å². The van der Waals surface area contributed by atoms with Crippen molar-refractivity contribution < 1.29 is 9.53 Å². The molecule has 0 saturated heterocycles. The number of amides is 1. The van der Waals surface area contributed by atoms with Gasteiger partial charge in [-0.3, -0.25) is 4.79 Å². The molecule has 1 aromatic rings. The van der Waals surface area contributed by atoms with Crippen molar-refractivity contribution >= 4 is 40.5 Å². The molecule has 0 spiro atoms. The molecule has 0 saturated carbocycles.